The number of rotatable bonds is 6. The van der Waals surface area contributed by atoms with Gasteiger partial charge in [0.15, 0.2) is 11.6 Å². The number of benzene rings is 2. The Morgan fingerprint density at radius 1 is 1.05 bits per heavy atom. The van der Waals surface area contributed by atoms with Crippen LogP contribution in [0.25, 0.3) is 0 Å². The van der Waals surface area contributed by atoms with Crippen LogP contribution >= 0.6 is 0 Å². The third-order valence-corrected chi connectivity index (χ3v) is 3.51. The zero-order valence-electron chi connectivity index (χ0n) is 11.6. The van der Waals surface area contributed by atoms with Gasteiger partial charge >= 0.3 is 0 Å². The summed E-state index contributed by atoms with van der Waals surface area (Å²) < 4.78 is 32.0. The first-order valence-corrected chi connectivity index (χ1v) is 7.11. The van der Waals surface area contributed by atoms with Crippen molar-refractivity contribution < 1.29 is 13.5 Å². The van der Waals surface area contributed by atoms with E-state index in [0.717, 1.165) is 11.3 Å². The van der Waals surface area contributed by atoms with E-state index >= 15 is 0 Å². The molecule has 2 aromatic carbocycles. The van der Waals surface area contributed by atoms with E-state index in [9.17, 15) is 8.78 Å². The number of hydrogen-bond acceptors (Lipinski definition) is 2. The van der Waals surface area contributed by atoms with E-state index in [-0.39, 0.29) is 17.4 Å². The number of nitrogens with one attached hydrogen (secondary N) is 1. The minimum atomic E-state index is -0.344. The second-order valence-corrected chi connectivity index (χ2v) is 5.38. The van der Waals surface area contributed by atoms with Crippen molar-refractivity contribution in [3.63, 3.8) is 0 Å². The van der Waals surface area contributed by atoms with Crippen LogP contribution in [0.5, 0.6) is 5.75 Å². The van der Waals surface area contributed by atoms with Crippen molar-refractivity contribution in [1.82, 2.24) is 0 Å². The van der Waals surface area contributed by atoms with Crippen LogP contribution in [-0.2, 0) is 6.54 Å². The molecule has 110 valence electrons. The molecule has 0 heterocycles. The highest BCUT2D eigenvalue weighted by atomic mass is 19.1. The summed E-state index contributed by atoms with van der Waals surface area (Å²) in [7, 11) is 0. The number of anilines is 1. The fourth-order valence-corrected chi connectivity index (χ4v) is 2.02. The molecule has 0 saturated heterocycles. The lowest BCUT2D eigenvalue weighted by Gasteiger charge is -2.11. The molecule has 2 aromatic rings. The van der Waals surface area contributed by atoms with E-state index in [1.54, 1.807) is 24.3 Å². The third kappa shape index (κ3) is 3.94. The topological polar surface area (TPSA) is 21.3 Å². The van der Waals surface area contributed by atoms with Crippen LogP contribution in [0.1, 0.15) is 18.4 Å². The Bertz CT molecular complexity index is 609. The summed E-state index contributed by atoms with van der Waals surface area (Å²) in [5, 5.41) is 3.18. The zero-order chi connectivity index (χ0) is 14.7. The summed E-state index contributed by atoms with van der Waals surface area (Å²) in [6.07, 6.45) is 2.34. The van der Waals surface area contributed by atoms with Crippen LogP contribution in [0, 0.1) is 17.6 Å². The highest BCUT2D eigenvalue weighted by Gasteiger charge is 2.22. The van der Waals surface area contributed by atoms with Gasteiger partial charge in [-0.3, -0.25) is 0 Å². The van der Waals surface area contributed by atoms with Gasteiger partial charge in [0.2, 0.25) is 0 Å². The van der Waals surface area contributed by atoms with Crippen molar-refractivity contribution in [1.29, 1.82) is 0 Å². The molecule has 0 atom stereocenters. The Balaban J connectivity index is 1.61. The van der Waals surface area contributed by atoms with Crippen LogP contribution in [-0.4, -0.2) is 6.61 Å². The lowest BCUT2D eigenvalue weighted by molar-refractivity contribution is 0.285. The minimum Gasteiger partial charge on any atom is -0.490 e. The molecule has 21 heavy (non-hydrogen) atoms. The van der Waals surface area contributed by atoms with Gasteiger partial charge < -0.3 is 10.1 Å². The maximum atomic E-state index is 13.7. The molecule has 0 aromatic heterocycles. The summed E-state index contributed by atoms with van der Waals surface area (Å²) >= 11 is 0. The van der Waals surface area contributed by atoms with Gasteiger partial charge in [0.25, 0.3) is 0 Å². The van der Waals surface area contributed by atoms with Crippen LogP contribution < -0.4 is 10.1 Å². The van der Waals surface area contributed by atoms with Gasteiger partial charge in [-0.05, 0) is 48.6 Å². The Hall–Kier alpha value is -2.10. The van der Waals surface area contributed by atoms with Gasteiger partial charge in [0.05, 0.1) is 6.61 Å². The highest BCUT2D eigenvalue weighted by molar-refractivity contribution is 5.49. The number of ether oxygens (including phenoxy) is 1. The SMILES string of the molecule is Fc1ccc(CNc2ccc(F)c(OCC3CC3)c2)cc1. The molecule has 1 aliphatic carbocycles. The minimum absolute atomic E-state index is 0.253. The second-order valence-electron chi connectivity index (χ2n) is 5.38. The summed E-state index contributed by atoms with van der Waals surface area (Å²) in [5.74, 6) is 0.269. The van der Waals surface area contributed by atoms with Gasteiger partial charge in [-0.1, -0.05) is 12.1 Å². The average molecular weight is 289 g/mol. The Morgan fingerprint density at radius 3 is 2.52 bits per heavy atom. The molecule has 1 N–H and O–H groups in total. The van der Waals surface area contributed by atoms with E-state index in [2.05, 4.69) is 5.32 Å². The Labute approximate surface area is 122 Å². The molecule has 1 saturated carbocycles. The fraction of sp³-hybridized carbons (Fsp3) is 0.294. The molecule has 0 radical (unpaired) electrons. The lowest BCUT2D eigenvalue weighted by atomic mass is 10.2. The molecular weight excluding hydrogens is 272 g/mol. The van der Waals surface area contributed by atoms with E-state index in [4.69, 9.17) is 4.74 Å². The molecule has 0 aliphatic heterocycles. The summed E-state index contributed by atoms with van der Waals surface area (Å²) in [6, 6.07) is 11.0. The predicted octanol–water partition coefficient (Wildman–Crippen LogP) is 4.37. The monoisotopic (exact) mass is 289 g/mol. The largest absolute Gasteiger partial charge is 0.490 e. The van der Waals surface area contributed by atoms with Crippen molar-refractivity contribution >= 4 is 5.69 Å². The van der Waals surface area contributed by atoms with E-state index in [1.807, 2.05) is 0 Å². The first-order valence-electron chi connectivity index (χ1n) is 7.11. The smallest absolute Gasteiger partial charge is 0.165 e. The molecule has 0 spiro atoms. The van der Waals surface area contributed by atoms with E-state index in [1.165, 1.54) is 31.0 Å². The van der Waals surface area contributed by atoms with Gasteiger partial charge in [-0.25, -0.2) is 8.78 Å². The van der Waals surface area contributed by atoms with Crippen molar-refractivity contribution in [2.45, 2.75) is 19.4 Å². The van der Waals surface area contributed by atoms with Crippen molar-refractivity contribution in [2.75, 3.05) is 11.9 Å². The number of halogens is 2. The molecule has 3 rings (SSSR count). The molecule has 0 amide bonds. The zero-order valence-corrected chi connectivity index (χ0v) is 11.6. The normalized spacial score (nSPS) is 14.0. The quantitative estimate of drug-likeness (QED) is 0.853. The van der Waals surface area contributed by atoms with Gasteiger partial charge in [0, 0.05) is 18.3 Å². The molecule has 2 nitrogen and oxygen atoms in total. The predicted molar refractivity (Wildman–Crippen MR) is 78.3 cm³/mol. The van der Waals surface area contributed by atoms with Crippen LogP contribution in [0.3, 0.4) is 0 Å². The molecule has 1 fully saturated rings. The Kier molecular flexibility index (Phi) is 4.04. The second kappa shape index (κ2) is 6.12. The summed E-state index contributed by atoms with van der Waals surface area (Å²) in [6.45, 7) is 1.13. The van der Waals surface area contributed by atoms with Crippen LogP contribution in [0.15, 0.2) is 42.5 Å². The van der Waals surface area contributed by atoms with Gasteiger partial charge in [0.1, 0.15) is 5.82 Å². The van der Waals surface area contributed by atoms with Crippen molar-refractivity contribution in [3.8, 4) is 5.75 Å². The first-order chi connectivity index (χ1) is 10.2. The van der Waals surface area contributed by atoms with Gasteiger partial charge in [-0.15, -0.1) is 0 Å². The molecule has 1 aliphatic rings. The van der Waals surface area contributed by atoms with Crippen LogP contribution in [0.4, 0.5) is 14.5 Å². The third-order valence-electron chi connectivity index (χ3n) is 3.51. The van der Waals surface area contributed by atoms with E-state index in [0.29, 0.717) is 19.1 Å². The van der Waals surface area contributed by atoms with Gasteiger partial charge in [-0.2, -0.15) is 0 Å². The first kappa shape index (κ1) is 13.9. The highest BCUT2D eigenvalue weighted by Crippen LogP contribution is 2.31. The molecule has 0 bridgehead atoms. The van der Waals surface area contributed by atoms with Crippen molar-refractivity contribution in [3.05, 3.63) is 59.7 Å². The summed E-state index contributed by atoms with van der Waals surface area (Å²) in [4.78, 5) is 0. The standard InChI is InChI=1S/C17H17F2NO/c18-14-5-3-12(4-6-14)10-20-15-7-8-16(19)17(9-15)21-11-13-1-2-13/h3-9,13,20H,1-2,10-11H2. The van der Waals surface area contributed by atoms with Crippen LogP contribution in [0.2, 0.25) is 0 Å². The maximum absolute atomic E-state index is 13.7. The lowest BCUT2D eigenvalue weighted by Crippen LogP contribution is -2.03. The molecular formula is C17H17F2NO. The molecule has 4 heteroatoms. The van der Waals surface area contributed by atoms with E-state index < -0.39 is 0 Å². The Morgan fingerprint density at radius 2 is 1.81 bits per heavy atom. The maximum Gasteiger partial charge on any atom is 0.165 e. The average Bonchev–Trinajstić information content (AvgIpc) is 3.31. The fourth-order valence-electron chi connectivity index (χ4n) is 2.02. The number of hydrogen-bond donors (Lipinski definition) is 1. The van der Waals surface area contributed by atoms with Crippen molar-refractivity contribution in [2.24, 2.45) is 5.92 Å². The summed E-state index contributed by atoms with van der Waals surface area (Å²) in [5.41, 5.74) is 1.74. The molecule has 0 unspecified atom stereocenters.